The Kier molecular flexibility index (Phi) is 6.16. The Morgan fingerprint density at radius 2 is 1.79 bits per heavy atom. The van der Waals surface area contributed by atoms with Crippen molar-refractivity contribution in [3.8, 4) is 22.6 Å². The van der Waals surface area contributed by atoms with Crippen LogP contribution in [-0.4, -0.2) is 49.4 Å². The quantitative estimate of drug-likeness (QED) is 0.323. The van der Waals surface area contributed by atoms with Crippen LogP contribution in [0.25, 0.3) is 28.5 Å². The molecule has 38 heavy (non-hydrogen) atoms. The Morgan fingerprint density at radius 3 is 2.58 bits per heavy atom. The van der Waals surface area contributed by atoms with Gasteiger partial charge in [0.1, 0.15) is 29.3 Å². The lowest BCUT2D eigenvalue weighted by atomic mass is 10.1. The van der Waals surface area contributed by atoms with E-state index in [1.165, 1.54) is 30.5 Å². The average Bonchev–Trinajstić information content (AvgIpc) is 3.53. The molecule has 0 atom stereocenters. The van der Waals surface area contributed by atoms with Crippen LogP contribution in [0.15, 0.2) is 77.7 Å². The molecule has 9 nitrogen and oxygen atoms in total. The number of carbonyl (C=O) groups is 1. The first-order chi connectivity index (χ1) is 18.5. The SMILES string of the molecule is O=C(Nc1ccccc1F)N1CCC(Nc2nccc(-c3c(-c4ccc(F)cc4)nc4occn34)n2)CC1. The molecule has 11 heteroatoms. The number of nitrogens with one attached hydrogen (secondary N) is 2. The lowest BCUT2D eigenvalue weighted by molar-refractivity contribution is 0.197. The summed E-state index contributed by atoms with van der Waals surface area (Å²) in [6.07, 6.45) is 6.31. The molecule has 2 N–H and O–H groups in total. The Hall–Kier alpha value is -4.80. The van der Waals surface area contributed by atoms with Gasteiger partial charge >= 0.3 is 11.9 Å². The zero-order chi connectivity index (χ0) is 26.1. The molecule has 0 radical (unpaired) electrons. The van der Waals surface area contributed by atoms with Crippen molar-refractivity contribution in [2.45, 2.75) is 18.9 Å². The number of aromatic nitrogens is 4. The third kappa shape index (κ3) is 4.65. The van der Waals surface area contributed by atoms with Crippen LogP contribution < -0.4 is 10.6 Å². The summed E-state index contributed by atoms with van der Waals surface area (Å²) in [4.78, 5) is 27.9. The number of urea groups is 1. The highest BCUT2D eigenvalue weighted by Crippen LogP contribution is 2.32. The van der Waals surface area contributed by atoms with Crippen LogP contribution in [0.1, 0.15) is 12.8 Å². The molecular formula is C27H23F2N7O2. The lowest BCUT2D eigenvalue weighted by Crippen LogP contribution is -2.44. The number of anilines is 2. The molecule has 6 rings (SSSR count). The monoisotopic (exact) mass is 515 g/mol. The van der Waals surface area contributed by atoms with Crippen molar-refractivity contribution in [2.24, 2.45) is 0 Å². The highest BCUT2D eigenvalue weighted by atomic mass is 19.1. The van der Waals surface area contributed by atoms with E-state index < -0.39 is 5.82 Å². The molecule has 192 valence electrons. The van der Waals surface area contributed by atoms with Crippen molar-refractivity contribution >= 4 is 23.5 Å². The van der Waals surface area contributed by atoms with Gasteiger partial charge in [0.05, 0.1) is 11.4 Å². The topological polar surface area (TPSA) is 101 Å². The number of para-hydroxylation sites is 1. The van der Waals surface area contributed by atoms with Gasteiger partial charge in [0, 0.05) is 37.1 Å². The zero-order valence-electron chi connectivity index (χ0n) is 20.1. The smallest absolute Gasteiger partial charge is 0.321 e. The number of rotatable bonds is 5. The van der Waals surface area contributed by atoms with Crippen LogP contribution in [-0.2, 0) is 0 Å². The fourth-order valence-electron chi connectivity index (χ4n) is 4.57. The van der Waals surface area contributed by atoms with Crippen molar-refractivity contribution in [3.63, 3.8) is 0 Å². The first-order valence-electron chi connectivity index (χ1n) is 12.2. The average molecular weight is 516 g/mol. The van der Waals surface area contributed by atoms with Crippen LogP contribution >= 0.6 is 0 Å². The summed E-state index contributed by atoms with van der Waals surface area (Å²) >= 11 is 0. The number of hydrogen-bond acceptors (Lipinski definition) is 6. The molecular weight excluding hydrogens is 492 g/mol. The number of imidazole rings is 1. The summed E-state index contributed by atoms with van der Waals surface area (Å²) in [7, 11) is 0. The summed E-state index contributed by atoms with van der Waals surface area (Å²) in [6, 6.07) is 13.7. The van der Waals surface area contributed by atoms with E-state index in [0.29, 0.717) is 54.8 Å². The second-order valence-electron chi connectivity index (χ2n) is 8.95. The largest absolute Gasteiger partial charge is 0.432 e. The molecule has 5 aromatic rings. The van der Waals surface area contributed by atoms with E-state index in [1.807, 2.05) is 0 Å². The number of halogens is 2. The number of amides is 2. The predicted octanol–water partition coefficient (Wildman–Crippen LogP) is 5.44. The van der Waals surface area contributed by atoms with Gasteiger partial charge < -0.3 is 20.0 Å². The van der Waals surface area contributed by atoms with E-state index in [9.17, 15) is 13.6 Å². The van der Waals surface area contributed by atoms with Crippen molar-refractivity contribution in [2.75, 3.05) is 23.7 Å². The van der Waals surface area contributed by atoms with Gasteiger partial charge in [-0.15, -0.1) is 0 Å². The van der Waals surface area contributed by atoms with E-state index in [0.717, 1.165) is 5.56 Å². The second kappa shape index (κ2) is 9.92. The highest BCUT2D eigenvalue weighted by Gasteiger charge is 2.25. The first kappa shape index (κ1) is 23.6. The molecule has 0 unspecified atom stereocenters. The molecule has 0 spiro atoms. The number of hydrogen-bond donors (Lipinski definition) is 2. The molecule has 3 aromatic heterocycles. The molecule has 1 aliphatic rings. The minimum Gasteiger partial charge on any atom is -0.432 e. The fraction of sp³-hybridized carbons (Fsp3) is 0.185. The van der Waals surface area contributed by atoms with Crippen molar-refractivity contribution in [1.82, 2.24) is 24.3 Å². The lowest BCUT2D eigenvalue weighted by Gasteiger charge is -2.32. The Bertz CT molecular complexity index is 1590. The highest BCUT2D eigenvalue weighted by molar-refractivity contribution is 5.89. The minimum absolute atomic E-state index is 0.0544. The Morgan fingerprint density at radius 1 is 1.00 bits per heavy atom. The maximum Gasteiger partial charge on any atom is 0.321 e. The van der Waals surface area contributed by atoms with Gasteiger partial charge in [0.2, 0.25) is 5.95 Å². The number of oxazole rings is 1. The molecule has 1 fully saturated rings. The summed E-state index contributed by atoms with van der Waals surface area (Å²) in [5.74, 6) is 0.0408. The number of carbonyl (C=O) groups excluding carboxylic acids is 1. The summed E-state index contributed by atoms with van der Waals surface area (Å²) in [5, 5.41) is 6.00. The summed E-state index contributed by atoms with van der Waals surface area (Å²) < 4.78 is 34.7. The number of piperidine rings is 1. The standard InChI is InChI=1S/C27H23F2N7O2/c28-18-7-5-17(6-8-18)23-24(36-15-16-38-27(36)34-23)22-9-12-30-25(32-22)31-19-10-13-35(14-11-19)26(37)33-21-4-2-1-3-20(21)29/h1-9,12,15-16,19H,10-11,13-14H2,(H,33,37)(H,30,31,32). The number of benzene rings is 2. The van der Waals surface area contributed by atoms with E-state index in [2.05, 4.69) is 20.6 Å². The van der Waals surface area contributed by atoms with Crippen molar-refractivity contribution in [1.29, 1.82) is 0 Å². The molecule has 1 saturated heterocycles. The van der Waals surface area contributed by atoms with Crippen LogP contribution in [0.3, 0.4) is 0 Å². The maximum absolute atomic E-state index is 13.9. The summed E-state index contributed by atoms with van der Waals surface area (Å²) in [6.45, 7) is 1.01. The molecule has 4 heterocycles. The van der Waals surface area contributed by atoms with Gasteiger partial charge in [-0.1, -0.05) is 12.1 Å². The predicted molar refractivity (Wildman–Crippen MR) is 138 cm³/mol. The third-order valence-corrected chi connectivity index (χ3v) is 6.51. The van der Waals surface area contributed by atoms with Gasteiger partial charge in [0.15, 0.2) is 0 Å². The van der Waals surface area contributed by atoms with E-state index in [4.69, 9.17) is 9.40 Å². The van der Waals surface area contributed by atoms with Crippen molar-refractivity contribution < 1.29 is 18.0 Å². The van der Waals surface area contributed by atoms with Gasteiger partial charge in [0.25, 0.3) is 0 Å². The molecule has 2 aromatic carbocycles. The second-order valence-corrected chi connectivity index (χ2v) is 8.95. The van der Waals surface area contributed by atoms with Crippen molar-refractivity contribution in [3.05, 3.63) is 84.9 Å². The fourth-order valence-corrected chi connectivity index (χ4v) is 4.57. The van der Waals surface area contributed by atoms with Crippen LogP contribution in [0.4, 0.5) is 25.2 Å². The number of fused-ring (bicyclic) bond motifs is 1. The van der Waals surface area contributed by atoms with Gasteiger partial charge in [-0.05, 0) is 55.3 Å². The van der Waals surface area contributed by atoms with E-state index in [1.54, 1.807) is 52.0 Å². The van der Waals surface area contributed by atoms with E-state index >= 15 is 0 Å². The van der Waals surface area contributed by atoms with E-state index in [-0.39, 0.29) is 23.6 Å². The normalized spacial score (nSPS) is 14.1. The first-order valence-corrected chi connectivity index (χ1v) is 12.2. The molecule has 0 saturated carbocycles. The minimum atomic E-state index is -0.470. The van der Waals surface area contributed by atoms with Crippen LogP contribution in [0.5, 0.6) is 0 Å². The Balaban J connectivity index is 1.16. The number of likely N-dealkylation sites (tertiary alicyclic amines) is 1. The number of nitrogens with zero attached hydrogens (tertiary/aromatic N) is 5. The summed E-state index contributed by atoms with van der Waals surface area (Å²) in [5.41, 5.74) is 2.83. The van der Waals surface area contributed by atoms with Gasteiger partial charge in [-0.3, -0.25) is 4.40 Å². The van der Waals surface area contributed by atoms with Gasteiger partial charge in [-0.2, -0.15) is 4.98 Å². The third-order valence-electron chi connectivity index (χ3n) is 6.51. The van der Waals surface area contributed by atoms with Crippen LogP contribution in [0, 0.1) is 11.6 Å². The zero-order valence-corrected chi connectivity index (χ0v) is 20.1. The Labute approximate surface area is 216 Å². The molecule has 1 aliphatic heterocycles. The maximum atomic E-state index is 13.9. The molecule has 0 bridgehead atoms. The molecule has 2 amide bonds. The van der Waals surface area contributed by atoms with Crippen LogP contribution in [0.2, 0.25) is 0 Å². The molecule has 0 aliphatic carbocycles. The van der Waals surface area contributed by atoms with Gasteiger partial charge in [-0.25, -0.2) is 23.5 Å².